The maximum Gasteiger partial charge on any atom is 0.265 e. The number of aryl methyl sites for hydroxylation is 2. The molecule has 8 rings (SSSR count). The van der Waals surface area contributed by atoms with Crippen LogP contribution in [0.3, 0.4) is 0 Å². The van der Waals surface area contributed by atoms with E-state index in [1.54, 1.807) is 98.1 Å². The van der Waals surface area contributed by atoms with Crippen LogP contribution in [0.25, 0.3) is 4.91 Å². The SMILES string of the molecule is C=C/C(=C\C)OCCCCCOc1ccc(C(C)(C)c2ccc(Oc3ccc(S(=O)(=O)c4ccc(Oc5ccc(C(C)(C)c6ccc(Oc7ccc(S(=O)(=O)c8ccc(OC)cc8)cc7)c(CCC[Si](CC)(CC)CC)c6)cc5CCC[Si](CC)(CC)CC)cc4)cc3)c(CSCCCS(=O)(=O)O)c2)cc1C(=C)SCCS(=O)(=O)O. The Morgan fingerprint density at radius 1 is 0.452 bits per heavy atom. The molecular weight excluding hydrogens is 1600 g/mol. The van der Waals surface area contributed by atoms with E-state index in [-0.39, 0.29) is 37.5 Å². The van der Waals surface area contributed by atoms with Crippen LogP contribution >= 0.6 is 23.5 Å². The van der Waals surface area contributed by atoms with Crippen molar-refractivity contribution in [3.63, 3.8) is 0 Å². The molecular formula is C91H118O16S6Si2. The Hall–Kier alpha value is -7.37. The summed E-state index contributed by atoms with van der Waals surface area (Å²) in [6.07, 6.45) is 9.84. The first-order valence-corrected chi connectivity index (χ1v) is 54.0. The summed E-state index contributed by atoms with van der Waals surface area (Å²) in [6.45, 7) is 33.7. The smallest absolute Gasteiger partial charge is 0.265 e. The minimum Gasteiger partial charge on any atom is -0.497 e. The van der Waals surface area contributed by atoms with Gasteiger partial charge in [0.2, 0.25) is 19.7 Å². The lowest BCUT2D eigenvalue weighted by molar-refractivity contribution is 0.212. The summed E-state index contributed by atoms with van der Waals surface area (Å²) in [5, 5.41) is 0. The highest BCUT2D eigenvalue weighted by molar-refractivity contribution is 8.08. The molecule has 16 nitrogen and oxygen atoms in total. The van der Waals surface area contributed by atoms with E-state index in [0.29, 0.717) is 75.4 Å². The Labute approximate surface area is 697 Å². The van der Waals surface area contributed by atoms with Gasteiger partial charge in [-0.3, -0.25) is 9.11 Å². The predicted molar refractivity (Wildman–Crippen MR) is 478 cm³/mol. The molecule has 0 aliphatic carbocycles. The van der Waals surface area contributed by atoms with Crippen LogP contribution in [-0.2, 0) is 74.1 Å². The predicted octanol–water partition coefficient (Wildman–Crippen LogP) is 24.0. The minimum absolute atomic E-state index is 0.0593. The van der Waals surface area contributed by atoms with E-state index in [1.165, 1.54) is 84.0 Å². The van der Waals surface area contributed by atoms with Crippen LogP contribution in [0, 0.1) is 0 Å². The van der Waals surface area contributed by atoms with Gasteiger partial charge in [0.25, 0.3) is 20.2 Å². The molecule has 0 amide bonds. The van der Waals surface area contributed by atoms with Gasteiger partial charge in [-0.25, -0.2) is 16.8 Å². The third kappa shape index (κ3) is 25.8. The molecule has 0 unspecified atom stereocenters. The molecule has 0 aliphatic heterocycles. The number of hydrogen-bond donors (Lipinski definition) is 2. The van der Waals surface area contributed by atoms with Crippen molar-refractivity contribution in [1.29, 1.82) is 0 Å². The summed E-state index contributed by atoms with van der Waals surface area (Å²) in [5.74, 6) is 5.28. The van der Waals surface area contributed by atoms with E-state index in [4.69, 9.17) is 28.4 Å². The van der Waals surface area contributed by atoms with Gasteiger partial charge < -0.3 is 28.4 Å². The molecule has 0 spiro atoms. The number of benzene rings is 8. The second kappa shape index (κ2) is 42.3. The van der Waals surface area contributed by atoms with E-state index in [1.807, 2.05) is 49.4 Å². The first-order valence-electron chi connectivity index (χ1n) is 40.0. The molecule has 24 heteroatoms. The van der Waals surface area contributed by atoms with Gasteiger partial charge in [0, 0.05) is 38.4 Å². The van der Waals surface area contributed by atoms with Crippen LogP contribution in [0.15, 0.2) is 221 Å². The second-order valence-electron chi connectivity index (χ2n) is 30.6. The van der Waals surface area contributed by atoms with Gasteiger partial charge in [-0.1, -0.05) is 186 Å². The summed E-state index contributed by atoms with van der Waals surface area (Å²) in [7, 11) is -17.6. The van der Waals surface area contributed by atoms with Crippen LogP contribution in [0.5, 0.6) is 46.0 Å². The van der Waals surface area contributed by atoms with Crippen molar-refractivity contribution in [1.82, 2.24) is 0 Å². The Balaban J connectivity index is 1.03. The summed E-state index contributed by atoms with van der Waals surface area (Å²) in [4.78, 5) is 1.05. The molecule has 0 aliphatic rings. The Morgan fingerprint density at radius 3 is 1.21 bits per heavy atom. The Kier molecular flexibility index (Phi) is 34.3. The zero-order chi connectivity index (χ0) is 83.8. The van der Waals surface area contributed by atoms with Crippen LogP contribution in [-0.4, -0.2) is 102 Å². The van der Waals surface area contributed by atoms with E-state index in [9.17, 15) is 42.8 Å². The highest BCUT2D eigenvalue weighted by Gasteiger charge is 2.32. The number of ether oxygens (including phenoxy) is 6. The topological polar surface area (TPSA) is 232 Å². The average molecular weight is 1720 g/mol. The van der Waals surface area contributed by atoms with Gasteiger partial charge in [-0.2, -0.15) is 28.6 Å². The normalized spacial score (nSPS) is 12.7. The lowest BCUT2D eigenvalue weighted by Gasteiger charge is -2.30. The lowest BCUT2D eigenvalue weighted by atomic mass is 9.76. The van der Waals surface area contributed by atoms with Crippen molar-refractivity contribution in [2.45, 2.75) is 212 Å². The number of hydrogen-bond acceptors (Lipinski definition) is 16. The molecule has 115 heavy (non-hydrogen) atoms. The van der Waals surface area contributed by atoms with Crippen LogP contribution in [0.2, 0.25) is 48.4 Å². The van der Waals surface area contributed by atoms with Gasteiger partial charge in [-0.05, 0) is 224 Å². The third-order valence-electron chi connectivity index (χ3n) is 23.0. The summed E-state index contributed by atoms with van der Waals surface area (Å²) in [6, 6.07) is 60.3. The first-order chi connectivity index (χ1) is 54.6. The molecule has 0 atom stereocenters. The van der Waals surface area contributed by atoms with Crippen molar-refractivity contribution in [2.24, 2.45) is 0 Å². The van der Waals surface area contributed by atoms with Crippen LogP contribution < -0.4 is 23.7 Å². The van der Waals surface area contributed by atoms with Crippen LogP contribution in [0.1, 0.15) is 159 Å². The summed E-state index contributed by atoms with van der Waals surface area (Å²) < 4.78 is 160. The molecule has 0 saturated heterocycles. The van der Waals surface area contributed by atoms with Gasteiger partial charge >= 0.3 is 0 Å². The van der Waals surface area contributed by atoms with Crippen molar-refractivity contribution in [2.75, 3.05) is 43.3 Å². The fourth-order valence-corrected chi connectivity index (χ4v) is 27.4. The third-order valence-corrected chi connectivity index (χ3v) is 42.2. The van der Waals surface area contributed by atoms with Gasteiger partial charge in [0.05, 0.1) is 67.6 Å². The van der Waals surface area contributed by atoms with Crippen molar-refractivity contribution in [3.8, 4) is 46.0 Å². The fourth-order valence-electron chi connectivity index (χ4n) is 14.5. The molecule has 8 aromatic carbocycles. The molecule has 0 bridgehead atoms. The summed E-state index contributed by atoms with van der Waals surface area (Å²) >= 11 is 2.68. The molecule has 8 aromatic rings. The molecule has 0 aromatic heterocycles. The molecule has 2 N–H and O–H groups in total. The molecule has 0 saturated carbocycles. The number of allylic oxidation sites excluding steroid dienone is 2. The van der Waals surface area contributed by atoms with E-state index in [2.05, 4.69) is 119 Å². The molecule has 0 radical (unpaired) electrons. The highest BCUT2D eigenvalue weighted by atomic mass is 32.2. The second-order valence-corrected chi connectivity index (χ2v) is 51.1. The molecule has 622 valence electrons. The minimum atomic E-state index is -4.21. The van der Waals surface area contributed by atoms with Gasteiger partial charge in [0.1, 0.15) is 51.8 Å². The summed E-state index contributed by atoms with van der Waals surface area (Å²) in [5.41, 5.74) is 6.55. The van der Waals surface area contributed by atoms with E-state index >= 15 is 0 Å². The number of sulfone groups is 2. The van der Waals surface area contributed by atoms with Crippen molar-refractivity contribution in [3.05, 3.63) is 245 Å². The number of unbranched alkanes of at least 4 members (excludes halogenated alkanes) is 2. The Morgan fingerprint density at radius 2 is 0.826 bits per heavy atom. The van der Waals surface area contributed by atoms with Crippen molar-refractivity contribution >= 4 is 84.5 Å². The quantitative estimate of drug-likeness (QED) is 0.0119. The lowest BCUT2D eigenvalue weighted by Crippen LogP contribution is -2.31. The maximum absolute atomic E-state index is 14.5. The maximum atomic E-state index is 14.5. The zero-order valence-corrected chi connectivity index (χ0v) is 76.0. The molecule has 0 heterocycles. The number of rotatable bonds is 49. The molecule has 0 fully saturated rings. The fraction of sp³-hybridized carbons (Fsp3) is 0.407. The zero-order valence-electron chi connectivity index (χ0n) is 69.1. The van der Waals surface area contributed by atoms with Gasteiger partial charge in [-0.15, -0.1) is 11.8 Å². The largest absolute Gasteiger partial charge is 0.497 e. The number of thioether (sulfide) groups is 2. The monoisotopic (exact) mass is 1710 g/mol. The van der Waals surface area contributed by atoms with Crippen molar-refractivity contribution < 1.29 is 71.2 Å². The van der Waals surface area contributed by atoms with E-state index < -0.39 is 72.6 Å². The number of methoxy groups -OCH3 is 1. The first kappa shape index (κ1) is 93.1. The average Bonchev–Trinajstić information content (AvgIpc) is 0.781. The Bertz CT molecular complexity index is 5040. The standard InChI is InChI=1S/C91H118O16S6Si2/c1-15-76(16-2)103-55-24-23-25-56-104-89-54-34-75(66-85(89)68(9)109-58-60-111(95,96)97)91(12,13)74-33-53-88(71(65-74)67-108-57-28-59-110(92,93)94)107-80-41-49-84(50-42-80)113(100,101)83-47-39-79(40-48-83)106-87-52-32-73(64-70(87)30-27-62-115(20-6,21-7)22-8)90(10,11)72-31-51-86(69(63-72)29-26-61-114(17-3,18-4)19-5)105-78-37-45-82(46-38-78)112(98,99)81-43-35-77(102-14)36-44-81/h15-16,31-54,63-66H,1,9,17-30,55-62,67H2,2-8,10-14H3,(H,92,93,94)(H,95,96,97)/b76-16+. The van der Waals surface area contributed by atoms with Crippen LogP contribution in [0.4, 0.5) is 0 Å². The van der Waals surface area contributed by atoms with Gasteiger partial charge in [0.15, 0.2) is 0 Å². The highest BCUT2D eigenvalue weighted by Crippen LogP contribution is 2.44. The van der Waals surface area contributed by atoms with E-state index in [0.717, 1.165) is 95.4 Å².